The number of benzene rings is 1. The third kappa shape index (κ3) is 4.15. The Bertz CT molecular complexity index is 818. The number of aromatic nitrogens is 2. The number of ether oxygens (including phenoxy) is 2. The summed E-state index contributed by atoms with van der Waals surface area (Å²) in [5.41, 5.74) is 1.89. The Labute approximate surface area is 153 Å². The van der Waals surface area contributed by atoms with E-state index in [4.69, 9.17) is 9.47 Å². The molecule has 1 heterocycles. The zero-order valence-corrected chi connectivity index (χ0v) is 16.4. The molecule has 0 unspecified atom stereocenters. The van der Waals surface area contributed by atoms with Crippen LogP contribution in [0.4, 0.5) is 4.79 Å². The van der Waals surface area contributed by atoms with E-state index in [9.17, 15) is 9.59 Å². The van der Waals surface area contributed by atoms with Gasteiger partial charge in [0.25, 0.3) is 5.82 Å². The number of hydrogen-bond donors (Lipinski definition) is 1. The lowest BCUT2D eigenvalue weighted by Gasteiger charge is -2.19. The van der Waals surface area contributed by atoms with Crippen molar-refractivity contribution in [3.8, 4) is 0 Å². The highest BCUT2D eigenvalue weighted by Crippen LogP contribution is 2.18. The van der Waals surface area contributed by atoms with Crippen molar-refractivity contribution in [1.82, 2.24) is 9.88 Å². The molecule has 1 aromatic heterocycles. The Kier molecular flexibility index (Phi) is 5.90. The van der Waals surface area contributed by atoms with E-state index in [0.29, 0.717) is 18.7 Å². The van der Waals surface area contributed by atoms with E-state index < -0.39 is 11.7 Å². The van der Waals surface area contributed by atoms with Crippen LogP contribution >= 0.6 is 0 Å². The van der Waals surface area contributed by atoms with Gasteiger partial charge in [0.1, 0.15) is 12.1 Å². The average Bonchev–Trinajstić information content (AvgIpc) is 2.89. The van der Waals surface area contributed by atoms with E-state index >= 15 is 0 Å². The van der Waals surface area contributed by atoms with Gasteiger partial charge in [0.15, 0.2) is 11.0 Å². The number of hydrogen-bond acceptors (Lipinski definition) is 4. The minimum atomic E-state index is -0.544. The Balaban J connectivity index is 2.41. The Hall–Kier alpha value is -2.57. The molecule has 1 N–H and O–H groups in total. The number of methoxy groups -OCH3 is 1. The fraction of sp³-hybridized carbons (Fsp3) is 0.526. The van der Waals surface area contributed by atoms with E-state index in [1.807, 2.05) is 46.8 Å². The van der Waals surface area contributed by atoms with Gasteiger partial charge in [0, 0.05) is 6.07 Å². The topological polar surface area (TPSA) is 73.4 Å². The largest absolute Gasteiger partial charge is 0.465 e. The Morgan fingerprint density at radius 1 is 1.23 bits per heavy atom. The number of esters is 1. The molecule has 0 fully saturated rings. The third-order valence-corrected chi connectivity index (χ3v) is 4.02. The fourth-order valence-corrected chi connectivity index (χ4v) is 3.00. The van der Waals surface area contributed by atoms with Gasteiger partial charge in [0.2, 0.25) is 0 Å². The van der Waals surface area contributed by atoms with Crippen molar-refractivity contribution in [3.63, 3.8) is 0 Å². The number of rotatable bonds is 5. The summed E-state index contributed by atoms with van der Waals surface area (Å²) in [6.45, 7) is 11.3. The number of aryl methyl sites for hydroxylation is 2. The van der Waals surface area contributed by atoms with Crippen LogP contribution in [0.2, 0.25) is 0 Å². The van der Waals surface area contributed by atoms with Crippen LogP contribution in [0.5, 0.6) is 0 Å². The van der Waals surface area contributed by atoms with Gasteiger partial charge in [-0.25, -0.2) is 18.7 Å². The van der Waals surface area contributed by atoms with Crippen LogP contribution in [-0.2, 0) is 29.1 Å². The molecule has 0 saturated heterocycles. The predicted octanol–water partition coefficient (Wildman–Crippen LogP) is 2.78. The second kappa shape index (κ2) is 7.76. The molecule has 2 aromatic rings. The average molecular weight is 362 g/mol. The van der Waals surface area contributed by atoms with Crippen LogP contribution in [0.1, 0.15) is 50.8 Å². The smallest absolute Gasteiger partial charge is 0.408 e. The summed E-state index contributed by atoms with van der Waals surface area (Å²) in [6, 6.07) is 5.49. The first-order chi connectivity index (χ1) is 12.2. The molecule has 0 aliphatic carbocycles. The number of carbonyl (C=O) groups excluding carboxylic acids is 2. The van der Waals surface area contributed by atoms with Crippen LogP contribution < -0.4 is 9.88 Å². The summed E-state index contributed by atoms with van der Waals surface area (Å²) < 4.78 is 14.3. The molecule has 0 aliphatic heterocycles. The maximum atomic E-state index is 12.0. The van der Waals surface area contributed by atoms with Crippen molar-refractivity contribution in [2.75, 3.05) is 7.11 Å². The highest BCUT2D eigenvalue weighted by molar-refractivity contribution is 5.93. The van der Waals surface area contributed by atoms with E-state index in [2.05, 4.69) is 14.5 Å². The van der Waals surface area contributed by atoms with Crippen LogP contribution in [0.15, 0.2) is 18.2 Å². The number of alkyl carbamates (subject to hydrolysis) is 1. The lowest BCUT2D eigenvalue weighted by atomic mass is 10.2. The van der Waals surface area contributed by atoms with Gasteiger partial charge >= 0.3 is 12.1 Å². The second-order valence-electron chi connectivity index (χ2n) is 6.96. The van der Waals surface area contributed by atoms with Gasteiger partial charge in [0.05, 0.1) is 25.8 Å². The van der Waals surface area contributed by atoms with Crippen LogP contribution in [-0.4, -0.2) is 29.3 Å². The molecule has 0 bridgehead atoms. The normalized spacial score (nSPS) is 11.5. The molecule has 7 nitrogen and oxygen atoms in total. The molecule has 142 valence electrons. The number of carbonyl (C=O) groups is 2. The molecule has 0 radical (unpaired) electrons. The zero-order chi connectivity index (χ0) is 19.5. The van der Waals surface area contributed by atoms with Gasteiger partial charge in [-0.1, -0.05) is 0 Å². The first kappa shape index (κ1) is 19.8. The zero-order valence-electron chi connectivity index (χ0n) is 16.4. The number of nitrogens with zero attached hydrogens (tertiary/aromatic N) is 2. The van der Waals surface area contributed by atoms with E-state index in [1.54, 1.807) is 6.07 Å². The van der Waals surface area contributed by atoms with Crippen molar-refractivity contribution in [2.24, 2.45) is 0 Å². The van der Waals surface area contributed by atoms with Crippen LogP contribution in [0.25, 0.3) is 11.0 Å². The number of fused-ring (bicyclic) bond motifs is 1. The highest BCUT2D eigenvalue weighted by atomic mass is 16.6. The van der Waals surface area contributed by atoms with Crippen molar-refractivity contribution in [2.45, 2.75) is 59.9 Å². The quantitative estimate of drug-likeness (QED) is 0.656. The maximum absolute atomic E-state index is 12.0. The summed E-state index contributed by atoms with van der Waals surface area (Å²) >= 11 is 0. The van der Waals surface area contributed by atoms with Crippen LogP contribution in [0.3, 0.4) is 0 Å². The summed E-state index contributed by atoms with van der Waals surface area (Å²) in [7, 11) is 1.37. The molecule has 0 aliphatic rings. The minimum absolute atomic E-state index is 0.332. The number of amides is 1. The first-order valence-corrected chi connectivity index (χ1v) is 8.82. The summed E-state index contributed by atoms with van der Waals surface area (Å²) in [6.07, 6.45) is -0.455. The van der Waals surface area contributed by atoms with Gasteiger partial charge in [-0.05, 0) is 46.8 Å². The molecular weight excluding hydrogens is 334 g/mol. The van der Waals surface area contributed by atoms with Crippen molar-refractivity contribution in [3.05, 3.63) is 29.6 Å². The van der Waals surface area contributed by atoms with E-state index in [1.165, 1.54) is 7.11 Å². The van der Waals surface area contributed by atoms with Gasteiger partial charge < -0.3 is 14.8 Å². The molecule has 1 amide bonds. The SMILES string of the molecule is CCn1c(CNC(=O)OC(C)(C)C)[n+](CC)c2ccc(C(=O)OC)cc21. The van der Waals surface area contributed by atoms with Crippen LogP contribution in [0, 0.1) is 0 Å². The van der Waals surface area contributed by atoms with Gasteiger partial charge in [-0.15, -0.1) is 0 Å². The van der Waals surface area contributed by atoms with Crippen molar-refractivity contribution in [1.29, 1.82) is 0 Å². The fourth-order valence-electron chi connectivity index (χ4n) is 3.00. The minimum Gasteiger partial charge on any atom is -0.465 e. The third-order valence-electron chi connectivity index (χ3n) is 4.02. The van der Waals surface area contributed by atoms with Crippen molar-refractivity contribution < 1.29 is 23.6 Å². The Morgan fingerprint density at radius 3 is 2.46 bits per heavy atom. The van der Waals surface area contributed by atoms with E-state index in [-0.39, 0.29) is 5.97 Å². The molecule has 1 aromatic carbocycles. The summed E-state index contributed by atoms with van der Waals surface area (Å²) in [4.78, 5) is 23.9. The van der Waals surface area contributed by atoms with Crippen molar-refractivity contribution >= 4 is 23.1 Å². The summed E-state index contributed by atoms with van der Waals surface area (Å²) in [5, 5.41) is 2.82. The molecule has 2 rings (SSSR count). The Morgan fingerprint density at radius 2 is 1.92 bits per heavy atom. The first-order valence-electron chi connectivity index (χ1n) is 8.82. The monoisotopic (exact) mass is 362 g/mol. The standard InChI is InChI=1S/C19H27N3O4/c1-7-21-14-10-9-13(17(23)25-6)11-15(14)22(8-2)16(21)12-20-18(24)26-19(3,4)5/h9-11H,7-8,12H2,1-6H3/p+1. The second-order valence-corrected chi connectivity index (χ2v) is 6.96. The number of nitrogens with one attached hydrogen (secondary N) is 1. The molecule has 26 heavy (non-hydrogen) atoms. The molecular formula is C19H28N3O4+. The molecule has 0 saturated carbocycles. The lowest BCUT2D eigenvalue weighted by Crippen LogP contribution is -2.41. The lowest BCUT2D eigenvalue weighted by molar-refractivity contribution is -0.676. The molecule has 7 heteroatoms. The van der Waals surface area contributed by atoms with Gasteiger partial charge in [-0.3, -0.25) is 0 Å². The molecule has 0 atom stereocenters. The predicted molar refractivity (Wildman–Crippen MR) is 97.9 cm³/mol. The summed E-state index contributed by atoms with van der Waals surface area (Å²) in [5.74, 6) is 0.574. The maximum Gasteiger partial charge on any atom is 0.408 e. The highest BCUT2D eigenvalue weighted by Gasteiger charge is 2.25. The van der Waals surface area contributed by atoms with E-state index in [0.717, 1.165) is 23.4 Å². The number of imidazole rings is 1. The molecule has 0 spiro atoms. The van der Waals surface area contributed by atoms with Gasteiger partial charge in [-0.2, -0.15) is 0 Å².